The fourth-order valence-electron chi connectivity index (χ4n) is 9.77. The Morgan fingerprint density at radius 2 is 1.39 bits per heavy atom. The van der Waals surface area contributed by atoms with Crippen molar-refractivity contribution in [1.82, 2.24) is 19.5 Å². The van der Waals surface area contributed by atoms with E-state index in [0.717, 1.165) is 56.6 Å². The smallest absolute Gasteiger partial charge is 0.216 e. The summed E-state index contributed by atoms with van der Waals surface area (Å²) in [6, 6.07) is 45.6. The Morgan fingerprint density at radius 1 is 0.712 bits per heavy atom. The maximum absolute atomic E-state index is 6.44. The number of hydrogen-bond acceptors (Lipinski definition) is 4. The maximum atomic E-state index is 6.44. The minimum Gasteiger partial charge on any atom is -0.486 e. The number of hydrogen-bond donors (Lipinski definition) is 0. The minimum absolute atomic E-state index is 0. The van der Waals surface area contributed by atoms with Crippen molar-refractivity contribution in [3.8, 4) is 39.5 Å². The monoisotopic (exact) mass is 1060 g/mol. The molecule has 4 aromatic heterocycles. The van der Waals surface area contributed by atoms with Gasteiger partial charge >= 0.3 is 0 Å². The van der Waals surface area contributed by atoms with Gasteiger partial charge in [-0.25, -0.2) is 4.98 Å². The van der Waals surface area contributed by atoms with Gasteiger partial charge in [-0.1, -0.05) is 145 Å². The molecule has 5 aromatic carbocycles. The first-order chi connectivity index (χ1) is 31.3. The number of aryl methyl sites for hydroxylation is 2. The number of imidazole rings is 1. The van der Waals surface area contributed by atoms with E-state index in [2.05, 4.69) is 180 Å². The number of nitrogens with zero attached hydrogens (tertiary/aromatic N) is 4. The molecule has 0 atom stereocenters. The quantitative estimate of drug-likeness (QED) is 0.107. The van der Waals surface area contributed by atoms with E-state index in [0.29, 0.717) is 23.5 Å². The van der Waals surface area contributed by atoms with E-state index in [-0.39, 0.29) is 20.1 Å². The van der Waals surface area contributed by atoms with Gasteiger partial charge in [0.1, 0.15) is 0 Å². The Balaban J connectivity index is 0.000000203. The summed E-state index contributed by atoms with van der Waals surface area (Å²) in [5.41, 5.74) is 18.3. The van der Waals surface area contributed by atoms with Crippen molar-refractivity contribution < 1.29 is 24.5 Å². The van der Waals surface area contributed by atoms with Crippen molar-refractivity contribution in [1.29, 1.82) is 0 Å². The van der Waals surface area contributed by atoms with Gasteiger partial charge in [0.05, 0.1) is 30.5 Å². The first-order valence-electron chi connectivity index (χ1n) is 23.7. The van der Waals surface area contributed by atoms with E-state index in [9.17, 15) is 0 Å². The van der Waals surface area contributed by atoms with Crippen LogP contribution < -0.4 is 5.19 Å². The molecule has 1 radical (unpaired) electrons. The second-order valence-electron chi connectivity index (χ2n) is 20.1. The van der Waals surface area contributed by atoms with Crippen LogP contribution in [0.2, 0.25) is 19.6 Å². The van der Waals surface area contributed by atoms with Crippen LogP contribution in [-0.4, -0.2) is 27.6 Å². The van der Waals surface area contributed by atoms with Crippen molar-refractivity contribution in [3.63, 3.8) is 0 Å². The molecule has 0 saturated carbocycles. The number of fused-ring (bicyclic) bond motifs is 5. The maximum Gasteiger partial charge on any atom is 0.216 e. The summed E-state index contributed by atoms with van der Waals surface area (Å²) in [7, 11) is -1.37. The molecule has 339 valence electrons. The molecule has 9 aromatic rings. The van der Waals surface area contributed by atoms with Crippen LogP contribution in [0.5, 0.6) is 0 Å². The average Bonchev–Trinajstić information content (AvgIpc) is 3.86. The van der Waals surface area contributed by atoms with Crippen molar-refractivity contribution >= 4 is 46.4 Å². The molecule has 0 N–H and O–H groups in total. The molecule has 7 heteroatoms. The van der Waals surface area contributed by atoms with Crippen molar-refractivity contribution in [2.45, 2.75) is 112 Å². The molecule has 5 nitrogen and oxygen atoms in total. The van der Waals surface area contributed by atoms with Gasteiger partial charge in [0.2, 0.25) is 5.71 Å². The third-order valence-corrected chi connectivity index (χ3v) is 15.0. The SMILES string of the molecule is CC(C)Cc1cc(-c2[c-]ccc3c2CCCC3)ncc1[Si](C)(C)C.Cc1ccc2c(n1)oc1c(-c3nc4ccccc4n3-c3c(C(C)C)cc(-c4ccccc4)cc3C(C)C)[c-]ccc12.[Ir]. The molecule has 0 unspecified atom stereocenters. The average molecular weight is 1060 g/mol. The number of aromatic nitrogens is 4. The minimum atomic E-state index is -1.37. The predicted molar refractivity (Wildman–Crippen MR) is 275 cm³/mol. The van der Waals surface area contributed by atoms with Crippen LogP contribution in [0.4, 0.5) is 0 Å². The fraction of sp³-hybridized carbons (Fsp3) is 0.305. The van der Waals surface area contributed by atoms with Crippen molar-refractivity contribution in [2.24, 2.45) is 5.92 Å². The summed E-state index contributed by atoms with van der Waals surface area (Å²) >= 11 is 0. The van der Waals surface area contributed by atoms with Crippen LogP contribution in [0.25, 0.3) is 72.6 Å². The van der Waals surface area contributed by atoms with E-state index in [4.69, 9.17) is 14.4 Å². The molecular weight excluding hydrogens is 1000 g/mol. The Kier molecular flexibility index (Phi) is 13.8. The Hall–Kier alpha value is -5.46. The molecule has 1 aliphatic carbocycles. The van der Waals surface area contributed by atoms with Crippen molar-refractivity contribution in [2.75, 3.05) is 0 Å². The van der Waals surface area contributed by atoms with E-state index < -0.39 is 8.07 Å². The molecule has 0 bridgehead atoms. The summed E-state index contributed by atoms with van der Waals surface area (Å²) in [4.78, 5) is 14.8. The number of rotatable bonds is 9. The Bertz CT molecular complexity index is 3140. The zero-order valence-corrected chi connectivity index (χ0v) is 43.7. The Labute approximate surface area is 406 Å². The normalized spacial score (nSPS) is 12.8. The fourth-order valence-corrected chi connectivity index (χ4v) is 11.4. The van der Waals surface area contributed by atoms with E-state index >= 15 is 0 Å². The van der Waals surface area contributed by atoms with Crippen LogP contribution in [-0.2, 0) is 39.4 Å². The molecule has 66 heavy (non-hydrogen) atoms. The van der Waals surface area contributed by atoms with Gasteiger partial charge in [-0.3, -0.25) is 4.98 Å². The van der Waals surface area contributed by atoms with Crippen molar-refractivity contribution in [3.05, 3.63) is 161 Å². The van der Waals surface area contributed by atoms with Crippen LogP contribution in [0.1, 0.15) is 99.7 Å². The van der Waals surface area contributed by atoms with Crippen LogP contribution >= 0.6 is 0 Å². The standard InChI is InChI=1S/C37H32N3O.C22H30NSi.Ir/c1-22(2)30-20-26(25-12-7-6-8-13-25)21-31(23(3)4)34(30)40-33-17-10-9-16-32(33)39-36(40)29-15-11-14-27-28-19-18-24(5)38-37(28)41-35(27)29;1-16(2)13-18-14-21(23-15-22(18)24(3,4)5)20-12-8-10-17-9-6-7-11-19(17)20;/h6-14,16-23H,1-5H3;8,10,14-16H,6-7,9,11,13H2,1-5H3;/q2*-1;. The molecule has 4 heterocycles. The largest absolute Gasteiger partial charge is 0.486 e. The molecular formula is C59H62IrN4OSi-2. The predicted octanol–water partition coefficient (Wildman–Crippen LogP) is 15.2. The number of pyridine rings is 2. The topological polar surface area (TPSA) is 56.7 Å². The molecule has 1 aliphatic rings. The number of para-hydroxylation sites is 2. The molecule has 0 amide bonds. The summed E-state index contributed by atoms with van der Waals surface area (Å²) in [6.45, 7) is 23.0. The molecule has 10 rings (SSSR count). The van der Waals surface area contributed by atoms with Gasteiger partial charge in [-0.2, -0.15) is 0 Å². The molecule has 0 saturated heterocycles. The Morgan fingerprint density at radius 3 is 2.11 bits per heavy atom. The van der Waals surface area contributed by atoms with Crippen LogP contribution in [0.15, 0.2) is 120 Å². The zero-order chi connectivity index (χ0) is 45.6. The van der Waals surface area contributed by atoms with E-state index in [1.54, 1.807) is 0 Å². The second kappa shape index (κ2) is 19.4. The summed E-state index contributed by atoms with van der Waals surface area (Å²) in [5.74, 6) is 2.07. The zero-order valence-electron chi connectivity index (χ0n) is 40.3. The van der Waals surface area contributed by atoms with Gasteiger partial charge in [0.15, 0.2) is 0 Å². The van der Waals surface area contributed by atoms with Crippen LogP contribution in [0.3, 0.4) is 0 Å². The number of benzene rings is 5. The van der Waals surface area contributed by atoms with Gasteiger partial charge in [-0.15, -0.1) is 53.1 Å². The van der Waals surface area contributed by atoms with E-state index in [1.807, 2.05) is 25.1 Å². The summed E-state index contributed by atoms with van der Waals surface area (Å²) < 4.78 is 8.78. The first kappa shape index (κ1) is 47.0. The van der Waals surface area contributed by atoms with Gasteiger partial charge < -0.3 is 14.0 Å². The van der Waals surface area contributed by atoms with E-state index in [1.165, 1.54) is 81.1 Å². The second-order valence-corrected chi connectivity index (χ2v) is 25.1. The molecule has 0 spiro atoms. The third kappa shape index (κ3) is 9.28. The van der Waals surface area contributed by atoms with Crippen LogP contribution in [0, 0.1) is 25.0 Å². The van der Waals surface area contributed by atoms with Gasteiger partial charge in [0, 0.05) is 43.1 Å². The summed E-state index contributed by atoms with van der Waals surface area (Å²) in [6.07, 6.45) is 8.32. The van der Waals surface area contributed by atoms with Gasteiger partial charge in [0.25, 0.3) is 0 Å². The first-order valence-corrected chi connectivity index (χ1v) is 27.2. The number of furan rings is 1. The van der Waals surface area contributed by atoms with Gasteiger partial charge in [-0.05, 0) is 107 Å². The molecule has 0 aliphatic heterocycles. The summed E-state index contributed by atoms with van der Waals surface area (Å²) in [5, 5.41) is 3.54. The third-order valence-electron chi connectivity index (χ3n) is 13.0. The molecule has 0 fully saturated rings.